The molecule has 1 aromatic rings. The molecule has 0 amide bonds. The molecule has 0 aliphatic carbocycles. The molecule has 2 N–H and O–H groups in total. The van der Waals surface area contributed by atoms with Gasteiger partial charge in [0, 0.05) is 10.1 Å². The van der Waals surface area contributed by atoms with Crippen molar-refractivity contribution < 1.29 is 8.76 Å². The Morgan fingerprint density at radius 3 is 2.50 bits per heavy atom. The number of rotatable bonds is 3. The molecule has 0 spiro atoms. The fraction of sp³-hybridized carbons (Fsp3) is 0.143. The predicted octanol–water partition coefficient (Wildman–Crippen LogP) is 1.52. The first-order valence-electron chi connectivity index (χ1n) is 3.27. The molecule has 3 nitrogen and oxygen atoms in total. The summed E-state index contributed by atoms with van der Waals surface area (Å²) in [6.45, 7) is 0.417. The third-order valence-electron chi connectivity index (χ3n) is 1.31. The molecule has 0 saturated carbocycles. The molecule has 0 heterocycles. The smallest absolute Gasteiger partial charge is 0.232 e. The molecule has 0 bridgehead atoms. The van der Waals surface area contributed by atoms with Crippen LogP contribution in [-0.2, 0) is 17.8 Å². The van der Waals surface area contributed by atoms with Gasteiger partial charge >= 0.3 is 0 Å². The van der Waals surface area contributed by atoms with Crippen molar-refractivity contribution in [3.05, 3.63) is 33.4 Å². The zero-order chi connectivity index (χ0) is 8.97. The van der Waals surface area contributed by atoms with Gasteiger partial charge in [-0.05, 0) is 40.3 Å². The molecule has 0 aliphatic rings. The molecule has 1 unspecified atom stereocenters. The Bertz CT molecular complexity index is 275. The van der Waals surface area contributed by atoms with Gasteiger partial charge in [-0.1, -0.05) is 12.1 Å². The topological polar surface area (TPSA) is 49.3 Å². The average Bonchev–Trinajstić information content (AvgIpc) is 2.03. The van der Waals surface area contributed by atoms with Crippen LogP contribution in [0.4, 0.5) is 0 Å². The van der Waals surface area contributed by atoms with Crippen molar-refractivity contribution in [1.82, 2.24) is 4.72 Å². The lowest BCUT2D eigenvalue weighted by Crippen LogP contribution is -2.15. The highest BCUT2D eigenvalue weighted by atomic mass is 127. The summed E-state index contributed by atoms with van der Waals surface area (Å²) in [4.78, 5) is 0. The van der Waals surface area contributed by atoms with Crippen LogP contribution in [0, 0.1) is 3.57 Å². The van der Waals surface area contributed by atoms with Crippen molar-refractivity contribution >= 4 is 33.9 Å². The van der Waals surface area contributed by atoms with E-state index in [0.717, 1.165) is 9.13 Å². The first-order chi connectivity index (χ1) is 5.68. The summed E-state index contributed by atoms with van der Waals surface area (Å²) in [5.74, 6) is 0. The molecule has 1 rings (SSSR count). The van der Waals surface area contributed by atoms with E-state index >= 15 is 0 Å². The minimum atomic E-state index is -1.92. The molecule has 0 fully saturated rings. The molecule has 0 saturated heterocycles. The Hall–Kier alpha value is 0.0200. The van der Waals surface area contributed by atoms with Crippen LogP contribution >= 0.6 is 22.6 Å². The summed E-state index contributed by atoms with van der Waals surface area (Å²) in [7, 11) is 0. The average molecular weight is 297 g/mol. The maximum atomic E-state index is 10.2. The van der Waals surface area contributed by atoms with Crippen LogP contribution in [0.5, 0.6) is 0 Å². The first-order valence-corrected chi connectivity index (χ1v) is 5.46. The lowest BCUT2D eigenvalue weighted by molar-refractivity contribution is 0.548. The van der Waals surface area contributed by atoms with Crippen molar-refractivity contribution in [2.24, 2.45) is 0 Å². The summed E-state index contributed by atoms with van der Waals surface area (Å²) in [6, 6.07) is 7.75. The first kappa shape index (κ1) is 10.1. The van der Waals surface area contributed by atoms with Gasteiger partial charge in [0.2, 0.25) is 11.3 Å². The molecule has 0 aromatic heterocycles. The van der Waals surface area contributed by atoms with Crippen LogP contribution in [0.3, 0.4) is 0 Å². The quantitative estimate of drug-likeness (QED) is 0.656. The maximum absolute atomic E-state index is 10.2. The van der Waals surface area contributed by atoms with Crippen molar-refractivity contribution in [2.45, 2.75) is 6.54 Å². The Morgan fingerprint density at radius 2 is 2.00 bits per heavy atom. The highest BCUT2D eigenvalue weighted by Crippen LogP contribution is 2.06. The summed E-state index contributed by atoms with van der Waals surface area (Å²) in [6.07, 6.45) is 0. The fourth-order valence-electron chi connectivity index (χ4n) is 0.747. The lowest BCUT2D eigenvalue weighted by atomic mass is 10.2. The van der Waals surface area contributed by atoms with E-state index in [1.807, 2.05) is 24.3 Å². The maximum Gasteiger partial charge on any atom is 0.232 e. The molecular weight excluding hydrogens is 289 g/mol. The van der Waals surface area contributed by atoms with Gasteiger partial charge in [0.1, 0.15) is 0 Å². The zero-order valence-corrected chi connectivity index (χ0v) is 9.13. The van der Waals surface area contributed by atoms with Crippen molar-refractivity contribution in [3.63, 3.8) is 0 Å². The van der Waals surface area contributed by atoms with Crippen LogP contribution < -0.4 is 4.72 Å². The molecule has 0 aliphatic heterocycles. The second-order valence-corrected chi connectivity index (χ2v) is 4.23. The summed E-state index contributed by atoms with van der Waals surface area (Å²) in [5.41, 5.74) is 0.998. The van der Waals surface area contributed by atoms with Gasteiger partial charge in [-0.25, -0.2) is 8.93 Å². The normalized spacial score (nSPS) is 12.8. The minimum Gasteiger partial charge on any atom is -0.294 e. The highest BCUT2D eigenvalue weighted by Gasteiger charge is 1.94. The van der Waals surface area contributed by atoms with E-state index in [4.69, 9.17) is 4.55 Å². The van der Waals surface area contributed by atoms with Crippen molar-refractivity contribution in [1.29, 1.82) is 0 Å². The van der Waals surface area contributed by atoms with Crippen LogP contribution in [0.1, 0.15) is 5.56 Å². The lowest BCUT2D eigenvalue weighted by Gasteiger charge is -1.99. The summed E-state index contributed by atoms with van der Waals surface area (Å²) < 4.78 is 22.2. The van der Waals surface area contributed by atoms with Gasteiger partial charge in [0.05, 0.1) is 0 Å². The van der Waals surface area contributed by atoms with Gasteiger partial charge in [-0.15, -0.1) is 0 Å². The second-order valence-electron chi connectivity index (χ2n) is 2.20. The van der Waals surface area contributed by atoms with E-state index < -0.39 is 11.3 Å². The van der Waals surface area contributed by atoms with E-state index in [1.165, 1.54) is 0 Å². The molecular formula is C7H8INO2S. The predicted molar refractivity (Wildman–Crippen MR) is 56.8 cm³/mol. The highest BCUT2D eigenvalue weighted by molar-refractivity contribution is 14.1. The largest absolute Gasteiger partial charge is 0.294 e. The van der Waals surface area contributed by atoms with Crippen molar-refractivity contribution in [2.75, 3.05) is 0 Å². The van der Waals surface area contributed by atoms with Crippen LogP contribution in [0.2, 0.25) is 0 Å². The molecule has 1 aromatic carbocycles. The fourth-order valence-corrected chi connectivity index (χ4v) is 1.40. The Balaban J connectivity index is 2.53. The standard InChI is InChI=1S/C7H8INO2S/c8-7-3-1-6(2-4-7)5-9-12(10)11/h1-4,9H,5H2,(H,10,11). The Kier molecular flexibility index (Phi) is 4.13. The van der Waals surface area contributed by atoms with Gasteiger partial charge in [0.15, 0.2) is 0 Å². The van der Waals surface area contributed by atoms with Crippen LogP contribution in [-0.4, -0.2) is 8.76 Å². The summed E-state index contributed by atoms with van der Waals surface area (Å²) >= 11 is 0.285. The van der Waals surface area contributed by atoms with E-state index in [2.05, 4.69) is 27.3 Å². The van der Waals surface area contributed by atoms with Gasteiger partial charge in [0.25, 0.3) is 0 Å². The van der Waals surface area contributed by atoms with E-state index in [1.54, 1.807) is 0 Å². The number of benzene rings is 1. The molecule has 12 heavy (non-hydrogen) atoms. The van der Waals surface area contributed by atoms with E-state index in [-0.39, 0.29) is 0 Å². The van der Waals surface area contributed by atoms with E-state index in [9.17, 15) is 4.21 Å². The van der Waals surface area contributed by atoms with Crippen molar-refractivity contribution in [3.8, 4) is 0 Å². The number of halogens is 1. The third-order valence-corrected chi connectivity index (χ3v) is 2.42. The number of nitrogens with one attached hydrogen (secondary N) is 1. The Morgan fingerprint density at radius 1 is 1.42 bits per heavy atom. The van der Waals surface area contributed by atoms with E-state index in [0.29, 0.717) is 6.54 Å². The summed E-state index contributed by atoms with van der Waals surface area (Å²) in [5, 5.41) is 0. The molecule has 5 heteroatoms. The SMILES string of the molecule is O=S(O)NCc1ccc(I)cc1. The zero-order valence-electron chi connectivity index (χ0n) is 6.16. The molecule has 0 radical (unpaired) electrons. The molecule has 1 atom stereocenters. The minimum absolute atomic E-state index is 0.417. The van der Waals surface area contributed by atoms with Crippen LogP contribution in [0.15, 0.2) is 24.3 Å². The van der Waals surface area contributed by atoms with Gasteiger partial charge in [-0.2, -0.15) is 0 Å². The second kappa shape index (κ2) is 4.90. The number of hydrogen-bond acceptors (Lipinski definition) is 1. The van der Waals surface area contributed by atoms with Crippen LogP contribution in [0.25, 0.3) is 0 Å². The van der Waals surface area contributed by atoms with Gasteiger partial charge < -0.3 is 0 Å². The molecule has 66 valence electrons. The monoisotopic (exact) mass is 297 g/mol. The third kappa shape index (κ3) is 3.61. The number of hydrogen-bond donors (Lipinski definition) is 2. The Labute approximate surface area is 87.1 Å². The van der Waals surface area contributed by atoms with Gasteiger partial charge in [-0.3, -0.25) is 4.55 Å².